The zero-order valence-electron chi connectivity index (χ0n) is 15.2. The molecule has 2 heterocycles. The fraction of sp³-hybridized carbons (Fsp3) is 0.333. The van der Waals surface area contributed by atoms with Crippen LogP contribution in [0.2, 0.25) is 0 Å². The second-order valence-corrected chi connectivity index (χ2v) is 6.85. The van der Waals surface area contributed by atoms with Crippen molar-refractivity contribution < 1.29 is 9.53 Å². The second-order valence-electron chi connectivity index (χ2n) is 6.85. The van der Waals surface area contributed by atoms with Crippen molar-refractivity contribution in [2.45, 2.75) is 25.8 Å². The fourth-order valence-corrected chi connectivity index (χ4v) is 3.75. The van der Waals surface area contributed by atoms with Crippen molar-refractivity contribution in [3.8, 4) is 0 Å². The average molecular weight is 349 g/mol. The van der Waals surface area contributed by atoms with E-state index in [-0.39, 0.29) is 11.8 Å². The predicted molar refractivity (Wildman–Crippen MR) is 102 cm³/mol. The lowest BCUT2D eigenvalue weighted by Gasteiger charge is -2.18. The highest BCUT2D eigenvalue weighted by atomic mass is 16.5. The number of hydrogen-bond acceptors (Lipinski definition) is 3. The van der Waals surface area contributed by atoms with Gasteiger partial charge in [-0.15, -0.1) is 0 Å². The van der Waals surface area contributed by atoms with Gasteiger partial charge in [0, 0.05) is 38.2 Å². The number of anilines is 1. The zero-order valence-corrected chi connectivity index (χ0v) is 15.2. The number of rotatable bonds is 5. The molecule has 134 valence electrons. The summed E-state index contributed by atoms with van der Waals surface area (Å²) >= 11 is 0. The summed E-state index contributed by atoms with van der Waals surface area (Å²) in [6.45, 7) is 4.07. The molecule has 1 atom stereocenters. The van der Waals surface area contributed by atoms with Crippen LogP contribution >= 0.6 is 0 Å². The Hall–Kier alpha value is -2.66. The van der Waals surface area contributed by atoms with Gasteiger partial charge in [-0.05, 0) is 36.8 Å². The third kappa shape index (κ3) is 2.99. The third-order valence-electron chi connectivity index (χ3n) is 5.01. The van der Waals surface area contributed by atoms with Crippen LogP contribution in [-0.2, 0) is 16.1 Å². The Labute approximate surface area is 153 Å². The van der Waals surface area contributed by atoms with E-state index in [4.69, 9.17) is 9.72 Å². The molecule has 1 unspecified atom stereocenters. The van der Waals surface area contributed by atoms with Crippen molar-refractivity contribution in [1.82, 2.24) is 9.55 Å². The van der Waals surface area contributed by atoms with Gasteiger partial charge in [0.05, 0.1) is 17.6 Å². The summed E-state index contributed by atoms with van der Waals surface area (Å²) in [5, 5.41) is 0. The van der Waals surface area contributed by atoms with Crippen molar-refractivity contribution in [3.63, 3.8) is 0 Å². The van der Waals surface area contributed by atoms with Crippen LogP contribution in [0.5, 0.6) is 0 Å². The number of nitrogens with zero attached hydrogens (tertiary/aromatic N) is 3. The van der Waals surface area contributed by atoms with Gasteiger partial charge >= 0.3 is 0 Å². The predicted octanol–water partition coefficient (Wildman–Crippen LogP) is 3.51. The molecule has 0 bridgehead atoms. The summed E-state index contributed by atoms with van der Waals surface area (Å²) in [6.07, 6.45) is 0.490. The molecule has 1 fully saturated rings. The van der Waals surface area contributed by atoms with E-state index in [9.17, 15) is 4.79 Å². The van der Waals surface area contributed by atoms with E-state index >= 15 is 0 Å². The van der Waals surface area contributed by atoms with Gasteiger partial charge in [-0.3, -0.25) is 4.79 Å². The highest BCUT2D eigenvalue weighted by Gasteiger charge is 2.34. The standard InChI is InChI=1S/C21H23N3O2/c1-15-6-5-7-17(12-15)24-14-16(13-20(24)25)21-22-18-8-3-4-9-19(18)23(21)10-11-26-2/h3-9,12,16H,10-11,13-14H2,1-2H3. The summed E-state index contributed by atoms with van der Waals surface area (Å²) in [5.74, 6) is 1.23. The van der Waals surface area contributed by atoms with Gasteiger partial charge in [-0.1, -0.05) is 24.3 Å². The van der Waals surface area contributed by atoms with Crippen LogP contribution in [0.15, 0.2) is 48.5 Å². The Morgan fingerprint density at radius 2 is 2.04 bits per heavy atom. The maximum Gasteiger partial charge on any atom is 0.227 e. The van der Waals surface area contributed by atoms with Crippen LogP contribution in [0.1, 0.15) is 23.7 Å². The smallest absolute Gasteiger partial charge is 0.227 e. The normalized spacial score (nSPS) is 17.4. The van der Waals surface area contributed by atoms with E-state index in [1.54, 1.807) is 7.11 Å². The Kier molecular flexibility index (Phi) is 4.47. The summed E-state index contributed by atoms with van der Waals surface area (Å²) in [4.78, 5) is 19.4. The van der Waals surface area contributed by atoms with E-state index in [2.05, 4.69) is 16.7 Å². The van der Waals surface area contributed by atoms with Crippen molar-refractivity contribution >= 4 is 22.6 Å². The van der Waals surface area contributed by atoms with E-state index < -0.39 is 0 Å². The highest BCUT2D eigenvalue weighted by molar-refractivity contribution is 5.96. The zero-order chi connectivity index (χ0) is 18.1. The third-order valence-corrected chi connectivity index (χ3v) is 5.01. The second kappa shape index (κ2) is 6.92. The van der Waals surface area contributed by atoms with E-state index in [1.807, 2.05) is 48.2 Å². The summed E-state index contributed by atoms with van der Waals surface area (Å²) in [5.41, 5.74) is 4.20. The average Bonchev–Trinajstić information content (AvgIpc) is 3.20. The number of aromatic nitrogens is 2. The summed E-state index contributed by atoms with van der Waals surface area (Å²) in [7, 11) is 1.71. The Morgan fingerprint density at radius 3 is 2.85 bits per heavy atom. The molecule has 2 aromatic carbocycles. The molecule has 1 aliphatic heterocycles. The first-order valence-corrected chi connectivity index (χ1v) is 8.98. The fourth-order valence-electron chi connectivity index (χ4n) is 3.75. The molecule has 0 N–H and O–H groups in total. The quantitative estimate of drug-likeness (QED) is 0.708. The van der Waals surface area contributed by atoms with Gasteiger partial charge in [0.25, 0.3) is 0 Å². The van der Waals surface area contributed by atoms with Crippen LogP contribution in [0.4, 0.5) is 5.69 Å². The molecule has 1 saturated heterocycles. The molecular formula is C21H23N3O2. The lowest BCUT2D eigenvalue weighted by Crippen LogP contribution is -2.24. The molecule has 0 saturated carbocycles. The SMILES string of the molecule is COCCn1c(C2CC(=O)N(c3cccc(C)c3)C2)nc2ccccc21. The van der Waals surface area contributed by atoms with Gasteiger partial charge in [-0.25, -0.2) is 4.98 Å². The van der Waals surface area contributed by atoms with Crippen LogP contribution < -0.4 is 4.90 Å². The van der Waals surface area contributed by atoms with Crippen LogP contribution in [0.25, 0.3) is 11.0 Å². The molecule has 3 aromatic rings. The van der Waals surface area contributed by atoms with Crippen LogP contribution in [-0.4, -0.2) is 35.7 Å². The number of hydrogen-bond donors (Lipinski definition) is 0. The minimum absolute atomic E-state index is 0.0901. The number of aryl methyl sites for hydroxylation is 1. The number of carbonyl (C=O) groups is 1. The number of imidazole rings is 1. The van der Waals surface area contributed by atoms with Gasteiger partial charge < -0.3 is 14.2 Å². The monoisotopic (exact) mass is 349 g/mol. The molecule has 0 spiro atoms. The number of benzene rings is 2. The summed E-state index contributed by atoms with van der Waals surface area (Å²) < 4.78 is 7.49. The molecular weight excluding hydrogens is 326 g/mol. The first-order chi connectivity index (χ1) is 12.7. The molecule has 1 aliphatic rings. The minimum Gasteiger partial charge on any atom is -0.383 e. The number of para-hydroxylation sites is 2. The van der Waals surface area contributed by atoms with Gasteiger partial charge in [-0.2, -0.15) is 0 Å². The van der Waals surface area contributed by atoms with E-state index in [1.165, 1.54) is 0 Å². The first kappa shape index (κ1) is 16.8. The Balaban J connectivity index is 1.68. The van der Waals surface area contributed by atoms with E-state index in [0.717, 1.165) is 34.7 Å². The van der Waals surface area contributed by atoms with Gasteiger partial charge in [0.1, 0.15) is 5.82 Å². The molecule has 1 amide bonds. The number of methoxy groups -OCH3 is 1. The molecule has 4 rings (SSSR count). The lowest BCUT2D eigenvalue weighted by molar-refractivity contribution is -0.117. The van der Waals surface area contributed by atoms with Crippen LogP contribution in [0.3, 0.4) is 0 Å². The summed E-state index contributed by atoms with van der Waals surface area (Å²) in [6, 6.07) is 16.2. The van der Waals surface area contributed by atoms with Crippen LogP contribution in [0, 0.1) is 6.92 Å². The first-order valence-electron chi connectivity index (χ1n) is 8.98. The largest absolute Gasteiger partial charge is 0.383 e. The maximum absolute atomic E-state index is 12.7. The van der Waals surface area contributed by atoms with Gasteiger partial charge in [0.2, 0.25) is 5.91 Å². The number of carbonyl (C=O) groups excluding carboxylic acids is 1. The Bertz CT molecular complexity index is 947. The number of fused-ring (bicyclic) bond motifs is 1. The number of ether oxygens (including phenoxy) is 1. The highest BCUT2D eigenvalue weighted by Crippen LogP contribution is 2.33. The Morgan fingerprint density at radius 1 is 1.19 bits per heavy atom. The lowest BCUT2D eigenvalue weighted by atomic mass is 10.1. The van der Waals surface area contributed by atoms with Crippen molar-refractivity contribution in [2.75, 3.05) is 25.2 Å². The maximum atomic E-state index is 12.7. The topological polar surface area (TPSA) is 47.4 Å². The molecule has 5 nitrogen and oxygen atoms in total. The minimum atomic E-state index is 0.0901. The van der Waals surface area contributed by atoms with Crippen molar-refractivity contribution in [3.05, 3.63) is 59.9 Å². The van der Waals surface area contributed by atoms with Gasteiger partial charge in [0.15, 0.2) is 0 Å². The molecule has 5 heteroatoms. The van der Waals surface area contributed by atoms with E-state index in [0.29, 0.717) is 19.6 Å². The molecule has 0 radical (unpaired) electrons. The molecule has 26 heavy (non-hydrogen) atoms. The molecule has 1 aromatic heterocycles. The molecule has 0 aliphatic carbocycles. The van der Waals surface area contributed by atoms with Crippen molar-refractivity contribution in [2.24, 2.45) is 0 Å². The van der Waals surface area contributed by atoms with Crippen molar-refractivity contribution in [1.29, 1.82) is 0 Å². The number of amides is 1.